The average molecular weight is 569 g/mol. The SMILES string of the molecule is COc1ccc(CN(c2ccc(OCCOC3CCCCC3)cc2F)S(=O)(=O)c2ccc3c(c2)CCNC3)cc1. The Bertz CT molecular complexity index is 1390. The molecular formula is C31H37FN2O5S. The molecule has 1 N–H and O–H groups in total. The Balaban J connectivity index is 1.37. The van der Waals surface area contributed by atoms with Gasteiger partial charge in [-0.25, -0.2) is 12.8 Å². The van der Waals surface area contributed by atoms with E-state index in [1.165, 1.54) is 31.4 Å². The first-order chi connectivity index (χ1) is 19.4. The van der Waals surface area contributed by atoms with Gasteiger partial charge in [0.1, 0.15) is 18.1 Å². The standard InChI is InChI=1S/C31H37FN2O5S/c1-37-26-10-7-23(8-11-26)22-34(40(35,36)29-13-9-25-21-33-16-15-24(25)19-29)31-14-12-28(20-30(31)32)39-18-17-38-27-5-3-2-4-6-27/h7-14,19-20,27,33H,2-6,15-18,21-22H2,1H3. The zero-order chi connectivity index (χ0) is 28.0. The van der Waals surface area contributed by atoms with Crippen molar-refractivity contribution in [2.45, 2.75) is 62.6 Å². The zero-order valence-corrected chi connectivity index (χ0v) is 23.7. The fraction of sp³-hybridized carbons (Fsp3) is 0.419. The van der Waals surface area contributed by atoms with Gasteiger partial charge in [0.05, 0.1) is 36.9 Å². The molecule has 0 amide bonds. The molecule has 1 heterocycles. The summed E-state index contributed by atoms with van der Waals surface area (Å²) in [6.45, 7) is 2.17. The summed E-state index contributed by atoms with van der Waals surface area (Å²) in [5.74, 6) is 0.308. The molecule has 9 heteroatoms. The van der Waals surface area contributed by atoms with Crippen molar-refractivity contribution in [3.05, 3.63) is 83.2 Å². The first kappa shape index (κ1) is 28.4. The Morgan fingerprint density at radius 3 is 2.45 bits per heavy atom. The summed E-state index contributed by atoms with van der Waals surface area (Å²) < 4.78 is 61.6. The van der Waals surface area contributed by atoms with Crippen molar-refractivity contribution in [3.63, 3.8) is 0 Å². The van der Waals surface area contributed by atoms with Crippen LogP contribution in [0.5, 0.6) is 11.5 Å². The average Bonchev–Trinajstić information content (AvgIpc) is 2.99. The second-order valence-electron chi connectivity index (χ2n) is 10.3. The second-order valence-corrected chi connectivity index (χ2v) is 12.2. The largest absolute Gasteiger partial charge is 0.497 e. The number of hydrogen-bond acceptors (Lipinski definition) is 6. The lowest BCUT2D eigenvalue weighted by atomic mass is 9.98. The number of halogens is 1. The number of fused-ring (bicyclic) bond motifs is 1. The van der Waals surface area contributed by atoms with E-state index in [1.54, 1.807) is 49.6 Å². The zero-order valence-electron chi connectivity index (χ0n) is 22.9. The van der Waals surface area contributed by atoms with Crippen LogP contribution in [0.3, 0.4) is 0 Å². The number of nitrogens with zero attached hydrogens (tertiary/aromatic N) is 1. The maximum absolute atomic E-state index is 15.6. The highest BCUT2D eigenvalue weighted by Gasteiger charge is 2.29. The maximum Gasteiger partial charge on any atom is 0.264 e. The van der Waals surface area contributed by atoms with E-state index < -0.39 is 15.8 Å². The molecule has 40 heavy (non-hydrogen) atoms. The van der Waals surface area contributed by atoms with Gasteiger partial charge in [-0.1, -0.05) is 37.5 Å². The number of nitrogens with one attached hydrogen (secondary N) is 1. The number of hydrogen-bond donors (Lipinski definition) is 1. The summed E-state index contributed by atoms with van der Waals surface area (Å²) in [7, 11) is -2.52. The lowest BCUT2D eigenvalue weighted by Gasteiger charge is -2.26. The highest BCUT2D eigenvalue weighted by molar-refractivity contribution is 7.92. The molecule has 3 aromatic rings. The molecule has 1 aliphatic heterocycles. The number of anilines is 1. The smallest absolute Gasteiger partial charge is 0.264 e. The molecule has 0 spiro atoms. The highest BCUT2D eigenvalue weighted by atomic mass is 32.2. The number of sulfonamides is 1. The first-order valence-electron chi connectivity index (χ1n) is 14.0. The van der Waals surface area contributed by atoms with Crippen LogP contribution >= 0.6 is 0 Å². The predicted octanol–water partition coefficient (Wildman–Crippen LogP) is 5.60. The van der Waals surface area contributed by atoms with Crippen molar-refractivity contribution >= 4 is 15.7 Å². The van der Waals surface area contributed by atoms with Crippen LogP contribution in [-0.4, -0.2) is 41.4 Å². The van der Waals surface area contributed by atoms with Gasteiger partial charge in [-0.3, -0.25) is 4.31 Å². The van der Waals surface area contributed by atoms with Crippen LogP contribution in [0.15, 0.2) is 65.6 Å². The van der Waals surface area contributed by atoms with E-state index >= 15 is 4.39 Å². The summed E-state index contributed by atoms with van der Waals surface area (Å²) in [6, 6.07) is 16.5. The molecule has 214 valence electrons. The third-order valence-electron chi connectivity index (χ3n) is 7.58. The van der Waals surface area contributed by atoms with Crippen LogP contribution in [0.2, 0.25) is 0 Å². The summed E-state index contributed by atoms with van der Waals surface area (Å²) in [5.41, 5.74) is 2.73. The molecular weight excluding hydrogens is 531 g/mol. The lowest BCUT2D eigenvalue weighted by Crippen LogP contribution is -2.32. The number of ether oxygens (including phenoxy) is 3. The van der Waals surface area contributed by atoms with Gasteiger partial charge in [0, 0.05) is 12.6 Å². The van der Waals surface area contributed by atoms with Gasteiger partial charge in [0.25, 0.3) is 10.0 Å². The minimum absolute atomic E-state index is 0.0407. The molecule has 0 radical (unpaired) electrons. The molecule has 3 aromatic carbocycles. The van der Waals surface area contributed by atoms with Crippen LogP contribution in [0.4, 0.5) is 10.1 Å². The maximum atomic E-state index is 15.6. The topological polar surface area (TPSA) is 77.1 Å². The minimum Gasteiger partial charge on any atom is -0.497 e. The van der Waals surface area contributed by atoms with Crippen molar-refractivity contribution in [2.75, 3.05) is 31.2 Å². The monoisotopic (exact) mass is 568 g/mol. The molecule has 1 aliphatic carbocycles. The van der Waals surface area contributed by atoms with Crippen LogP contribution in [0.1, 0.15) is 48.8 Å². The Labute approximate surface area is 236 Å². The van der Waals surface area contributed by atoms with Crippen molar-refractivity contribution in [1.82, 2.24) is 5.32 Å². The highest BCUT2D eigenvalue weighted by Crippen LogP contribution is 2.32. The molecule has 0 saturated heterocycles. The molecule has 0 bridgehead atoms. The van der Waals surface area contributed by atoms with Gasteiger partial charge in [-0.2, -0.15) is 0 Å². The van der Waals surface area contributed by atoms with Gasteiger partial charge < -0.3 is 19.5 Å². The van der Waals surface area contributed by atoms with Gasteiger partial charge in [0.2, 0.25) is 0 Å². The first-order valence-corrected chi connectivity index (χ1v) is 15.4. The van der Waals surface area contributed by atoms with E-state index in [0.29, 0.717) is 36.8 Å². The van der Waals surface area contributed by atoms with Crippen LogP contribution < -0.4 is 19.1 Å². The van der Waals surface area contributed by atoms with E-state index in [4.69, 9.17) is 14.2 Å². The summed E-state index contributed by atoms with van der Waals surface area (Å²) in [5, 5.41) is 3.30. The van der Waals surface area contributed by atoms with Crippen LogP contribution in [-0.2, 0) is 34.3 Å². The van der Waals surface area contributed by atoms with E-state index in [9.17, 15) is 8.42 Å². The molecule has 7 nitrogen and oxygen atoms in total. The molecule has 0 unspecified atom stereocenters. The fourth-order valence-corrected chi connectivity index (χ4v) is 6.84. The van der Waals surface area contributed by atoms with Crippen molar-refractivity contribution in [2.24, 2.45) is 0 Å². The molecule has 5 rings (SSSR count). The Hall–Kier alpha value is -3.14. The van der Waals surface area contributed by atoms with Crippen LogP contribution in [0, 0.1) is 5.82 Å². The Morgan fingerprint density at radius 1 is 0.925 bits per heavy atom. The van der Waals surface area contributed by atoms with Crippen molar-refractivity contribution < 1.29 is 27.0 Å². The molecule has 2 aliphatic rings. The van der Waals surface area contributed by atoms with Crippen LogP contribution in [0.25, 0.3) is 0 Å². The number of benzene rings is 3. The van der Waals surface area contributed by atoms with Gasteiger partial charge in [-0.15, -0.1) is 0 Å². The molecule has 0 atom stereocenters. The van der Waals surface area contributed by atoms with Gasteiger partial charge >= 0.3 is 0 Å². The van der Waals surface area contributed by atoms with E-state index in [1.807, 2.05) is 6.07 Å². The fourth-order valence-electron chi connectivity index (χ4n) is 5.32. The predicted molar refractivity (Wildman–Crippen MR) is 153 cm³/mol. The molecule has 1 fully saturated rings. The Kier molecular flexibility index (Phi) is 9.24. The van der Waals surface area contributed by atoms with E-state index in [-0.39, 0.29) is 23.2 Å². The number of methoxy groups -OCH3 is 1. The Morgan fingerprint density at radius 2 is 1.70 bits per heavy atom. The van der Waals surface area contributed by atoms with Gasteiger partial charge in [0.15, 0.2) is 5.82 Å². The second kappa shape index (κ2) is 13.0. The minimum atomic E-state index is -4.09. The quantitative estimate of drug-likeness (QED) is 0.304. The van der Waals surface area contributed by atoms with E-state index in [2.05, 4.69) is 5.32 Å². The summed E-state index contributed by atoms with van der Waals surface area (Å²) >= 11 is 0. The van der Waals surface area contributed by atoms with E-state index in [0.717, 1.165) is 41.2 Å². The van der Waals surface area contributed by atoms with Crippen molar-refractivity contribution in [1.29, 1.82) is 0 Å². The third-order valence-corrected chi connectivity index (χ3v) is 9.34. The number of rotatable bonds is 11. The summed E-state index contributed by atoms with van der Waals surface area (Å²) in [4.78, 5) is 0.140. The normalized spacial score (nSPS) is 15.8. The lowest BCUT2D eigenvalue weighted by molar-refractivity contribution is 0.0129. The van der Waals surface area contributed by atoms with Gasteiger partial charge in [-0.05, 0) is 78.9 Å². The molecule has 1 saturated carbocycles. The third kappa shape index (κ3) is 6.77. The van der Waals surface area contributed by atoms with Crippen molar-refractivity contribution in [3.8, 4) is 11.5 Å². The summed E-state index contributed by atoms with van der Waals surface area (Å²) in [6.07, 6.45) is 6.80. The molecule has 0 aromatic heterocycles.